The SMILES string of the molecule is Cc1nnn(CCCN(C)C)n1. The number of aryl methyl sites for hydroxylation is 2. The monoisotopic (exact) mass is 169 g/mol. The molecule has 1 heterocycles. The maximum atomic E-state index is 4.08. The van der Waals surface area contributed by atoms with E-state index in [0.29, 0.717) is 0 Å². The number of hydrogen-bond acceptors (Lipinski definition) is 4. The topological polar surface area (TPSA) is 46.8 Å². The Balaban J connectivity index is 2.24. The summed E-state index contributed by atoms with van der Waals surface area (Å²) in [5.41, 5.74) is 0. The zero-order valence-corrected chi connectivity index (χ0v) is 7.86. The summed E-state index contributed by atoms with van der Waals surface area (Å²) in [6, 6.07) is 0. The van der Waals surface area contributed by atoms with Crippen molar-refractivity contribution < 1.29 is 0 Å². The molecule has 0 radical (unpaired) electrons. The summed E-state index contributed by atoms with van der Waals surface area (Å²) in [4.78, 5) is 3.78. The van der Waals surface area contributed by atoms with Crippen LogP contribution in [-0.4, -0.2) is 45.7 Å². The van der Waals surface area contributed by atoms with E-state index in [1.54, 1.807) is 4.80 Å². The van der Waals surface area contributed by atoms with Crippen LogP contribution in [0.5, 0.6) is 0 Å². The molecule has 5 nitrogen and oxygen atoms in total. The predicted octanol–water partition coefficient (Wildman–Crippen LogP) is -0.0668. The molecule has 0 aliphatic heterocycles. The van der Waals surface area contributed by atoms with Crippen molar-refractivity contribution in [2.45, 2.75) is 19.9 Å². The fourth-order valence-corrected chi connectivity index (χ4v) is 0.946. The lowest BCUT2D eigenvalue weighted by molar-refractivity contribution is 0.369. The minimum atomic E-state index is 0.736. The Morgan fingerprint density at radius 3 is 2.67 bits per heavy atom. The molecule has 0 spiro atoms. The van der Waals surface area contributed by atoms with Gasteiger partial charge in [0.25, 0.3) is 0 Å². The molecule has 0 aliphatic carbocycles. The van der Waals surface area contributed by atoms with Crippen LogP contribution in [0.3, 0.4) is 0 Å². The van der Waals surface area contributed by atoms with Crippen molar-refractivity contribution in [3.05, 3.63) is 5.82 Å². The number of nitrogens with zero attached hydrogens (tertiary/aromatic N) is 5. The molecule has 12 heavy (non-hydrogen) atoms. The third-order valence-corrected chi connectivity index (χ3v) is 1.52. The highest BCUT2D eigenvalue weighted by atomic mass is 15.6. The lowest BCUT2D eigenvalue weighted by Crippen LogP contribution is -2.15. The fraction of sp³-hybridized carbons (Fsp3) is 0.857. The molecule has 0 fully saturated rings. The number of rotatable bonds is 4. The molecule has 1 aromatic heterocycles. The second-order valence-corrected chi connectivity index (χ2v) is 3.09. The molecule has 0 unspecified atom stereocenters. The number of aromatic nitrogens is 4. The van der Waals surface area contributed by atoms with Crippen LogP contribution in [0.4, 0.5) is 0 Å². The van der Waals surface area contributed by atoms with E-state index in [2.05, 4.69) is 34.4 Å². The highest BCUT2D eigenvalue weighted by Gasteiger charge is 1.96. The molecule has 68 valence electrons. The molecule has 1 aromatic rings. The van der Waals surface area contributed by atoms with Crippen molar-refractivity contribution in [2.24, 2.45) is 0 Å². The van der Waals surface area contributed by atoms with Gasteiger partial charge in [0.2, 0.25) is 0 Å². The second kappa shape index (κ2) is 4.15. The van der Waals surface area contributed by atoms with Crippen LogP contribution in [0.25, 0.3) is 0 Å². The number of tetrazole rings is 1. The summed E-state index contributed by atoms with van der Waals surface area (Å²) in [6.07, 6.45) is 1.06. The van der Waals surface area contributed by atoms with Crippen LogP contribution in [0.1, 0.15) is 12.2 Å². The lowest BCUT2D eigenvalue weighted by Gasteiger charge is -2.07. The quantitative estimate of drug-likeness (QED) is 0.633. The highest BCUT2D eigenvalue weighted by Crippen LogP contribution is 1.88. The summed E-state index contributed by atoms with van der Waals surface area (Å²) in [6.45, 7) is 3.75. The van der Waals surface area contributed by atoms with E-state index in [1.807, 2.05) is 6.92 Å². The van der Waals surface area contributed by atoms with Gasteiger partial charge in [0.05, 0.1) is 6.54 Å². The van der Waals surface area contributed by atoms with Gasteiger partial charge in [-0.2, -0.15) is 4.80 Å². The number of hydrogen-bond donors (Lipinski definition) is 0. The summed E-state index contributed by atoms with van der Waals surface area (Å²) >= 11 is 0. The smallest absolute Gasteiger partial charge is 0.171 e. The molecule has 0 bridgehead atoms. The summed E-state index contributed by atoms with van der Waals surface area (Å²) in [5, 5.41) is 11.7. The van der Waals surface area contributed by atoms with E-state index >= 15 is 0 Å². The van der Waals surface area contributed by atoms with Gasteiger partial charge in [-0.05, 0) is 39.2 Å². The second-order valence-electron chi connectivity index (χ2n) is 3.09. The molecule has 0 atom stereocenters. The highest BCUT2D eigenvalue weighted by molar-refractivity contribution is 4.66. The van der Waals surface area contributed by atoms with Gasteiger partial charge in [-0.1, -0.05) is 0 Å². The van der Waals surface area contributed by atoms with Gasteiger partial charge < -0.3 is 4.90 Å². The van der Waals surface area contributed by atoms with Crippen molar-refractivity contribution in [2.75, 3.05) is 20.6 Å². The molecule has 0 amide bonds. The van der Waals surface area contributed by atoms with Gasteiger partial charge in [-0.15, -0.1) is 10.2 Å². The Hall–Kier alpha value is -0.970. The molecular formula is C7H15N5. The first-order chi connectivity index (χ1) is 5.68. The van der Waals surface area contributed by atoms with E-state index in [0.717, 1.165) is 25.3 Å². The molecule has 0 saturated heterocycles. The summed E-state index contributed by atoms with van der Waals surface area (Å²) in [5.74, 6) is 0.736. The van der Waals surface area contributed by atoms with Crippen LogP contribution in [0.2, 0.25) is 0 Å². The van der Waals surface area contributed by atoms with Gasteiger partial charge in [-0.25, -0.2) is 0 Å². The Morgan fingerprint density at radius 2 is 2.17 bits per heavy atom. The van der Waals surface area contributed by atoms with E-state index in [-0.39, 0.29) is 0 Å². The van der Waals surface area contributed by atoms with Crippen molar-refractivity contribution in [3.8, 4) is 0 Å². The van der Waals surface area contributed by atoms with Gasteiger partial charge in [0, 0.05) is 0 Å². The first kappa shape index (κ1) is 9.12. The van der Waals surface area contributed by atoms with Crippen LogP contribution in [0.15, 0.2) is 0 Å². The molecule has 5 heteroatoms. The first-order valence-electron chi connectivity index (χ1n) is 4.07. The van der Waals surface area contributed by atoms with Crippen molar-refractivity contribution in [3.63, 3.8) is 0 Å². The summed E-state index contributed by atoms with van der Waals surface area (Å²) < 4.78 is 0. The van der Waals surface area contributed by atoms with Crippen LogP contribution >= 0.6 is 0 Å². The Kier molecular flexibility index (Phi) is 3.16. The lowest BCUT2D eigenvalue weighted by atomic mass is 10.4. The molecule has 0 saturated carbocycles. The van der Waals surface area contributed by atoms with Crippen molar-refractivity contribution in [1.82, 2.24) is 25.1 Å². The third kappa shape index (κ3) is 2.96. The average Bonchev–Trinajstić information content (AvgIpc) is 2.35. The van der Waals surface area contributed by atoms with Gasteiger partial charge >= 0.3 is 0 Å². The summed E-state index contributed by atoms with van der Waals surface area (Å²) in [7, 11) is 4.11. The Labute approximate surface area is 72.4 Å². The molecule has 0 aromatic carbocycles. The van der Waals surface area contributed by atoms with Crippen LogP contribution < -0.4 is 0 Å². The largest absolute Gasteiger partial charge is 0.309 e. The third-order valence-electron chi connectivity index (χ3n) is 1.52. The van der Waals surface area contributed by atoms with E-state index in [1.165, 1.54) is 0 Å². The standard InChI is InChI=1S/C7H15N5/c1-7-8-10-12(9-7)6-4-5-11(2)3/h4-6H2,1-3H3. The first-order valence-corrected chi connectivity index (χ1v) is 4.07. The van der Waals surface area contributed by atoms with Gasteiger partial charge in [-0.3, -0.25) is 0 Å². The van der Waals surface area contributed by atoms with Crippen molar-refractivity contribution >= 4 is 0 Å². The minimum absolute atomic E-state index is 0.736. The Morgan fingerprint density at radius 1 is 1.42 bits per heavy atom. The molecule has 0 N–H and O–H groups in total. The predicted molar refractivity (Wildman–Crippen MR) is 45.7 cm³/mol. The molecule has 1 rings (SSSR count). The maximum Gasteiger partial charge on any atom is 0.171 e. The normalized spacial score (nSPS) is 11.0. The Bertz CT molecular complexity index is 229. The zero-order valence-electron chi connectivity index (χ0n) is 7.86. The van der Waals surface area contributed by atoms with Crippen LogP contribution in [0, 0.1) is 6.92 Å². The molecular weight excluding hydrogens is 154 g/mol. The van der Waals surface area contributed by atoms with Gasteiger partial charge in [0.1, 0.15) is 0 Å². The molecule has 0 aliphatic rings. The van der Waals surface area contributed by atoms with Gasteiger partial charge in [0.15, 0.2) is 5.82 Å². The zero-order chi connectivity index (χ0) is 8.97. The average molecular weight is 169 g/mol. The van der Waals surface area contributed by atoms with E-state index in [4.69, 9.17) is 0 Å². The minimum Gasteiger partial charge on any atom is -0.309 e. The fourth-order valence-electron chi connectivity index (χ4n) is 0.946. The van der Waals surface area contributed by atoms with E-state index < -0.39 is 0 Å². The van der Waals surface area contributed by atoms with E-state index in [9.17, 15) is 0 Å². The maximum absolute atomic E-state index is 4.08. The van der Waals surface area contributed by atoms with Crippen LogP contribution in [-0.2, 0) is 6.54 Å². The van der Waals surface area contributed by atoms with Crippen molar-refractivity contribution in [1.29, 1.82) is 0 Å².